The monoisotopic (exact) mass is 323 g/mol. The number of nitrogens with two attached hydrogens (primary N) is 1. The van der Waals surface area contributed by atoms with Gasteiger partial charge in [-0.05, 0) is 43.5 Å². The zero-order chi connectivity index (χ0) is 16.8. The highest BCUT2D eigenvalue weighted by atomic mass is 19.1. The van der Waals surface area contributed by atoms with E-state index in [0.29, 0.717) is 19.4 Å². The third-order valence-electron chi connectivity index (χ3n) is 3.91. The van der Waals surface area contributed by atoms with Crippen molar-refractivity contribution in [2.24, 2.45) is 11.7 Å². The number of carbonyl (C=O) groups excluding carboxylic acids is 1. The minimum atomic E-state index is -0.664. The molecular weight excluding hydrogens is 301 g/mol. The van der Waals surface area contributed by atoms with E-state index in [0.717, 1.165) is 5.56 Å². The number of rotatable bonds is 7. The maximum Gasteiger partial charge on any atom is 0.283 e. The van der Waals surface area contributed by atoms with E-state index in [1.54, 1.807) is 18.2 Å². The molecule has 0 saturated carbocycles. The lowest BCUT2D eigenvalue weighted by molar-refractivity contribution is -0.165. The van der Waals surface area contributed by atoms with Gasteiger partial charge in [-0.15, -0.1) is 0 Å². The van der Waals surface area contributed by atoms with Gasteiger partial charge in [-0.1, -0.05) is 12.1 Å². The second kappa shape index (κ2) is 8.08. The van der Waals surface area contributed by atoms with Crippen LogP contribution in [0, 0.1) is 11.7 Å². The zero-order valence-corrected chi connectivity index (χ0v) is 13.1. The van der Waals surface area contributed by atoms with Gasteiger partial charge < -0.3 is 20.3 Å². The van der Waals surface area contributed by atoms with Gasteiger partial charge in [-0.25, -0.2) is 4.39 Å². The van der Waals surface area contributed by atoms with E-state index in [4.69, 9.17) is 20.3 Å². The molecule has 126 valence electrons. The topological polar surface area (TPSA) is 81.8 Å². The molecule has 0 saturated heterocycles. The molecule has 1 aromatic carbocycles. The molecule has 0 unspecified atom stereocenters. The number of ether oxygens (including phenoxy) is 2. The average molecular weight is 323 g/mol. The molecule has 1 aliphatic heterocycles. The number of primary amides is 1. The van der Waals surface area contributed by atoms with Crippen LogP contribution in [-0.2, 0) is 14.3 Å². The van der Waals surface area contributed by atoms with Gasteiger partial charge in [-0.3, -0.25) is 4.79 Å². The Balaban J connectivity index is 2.38. The molecule has 0 bridgehead atoms. The van der Waals surface area contributed by atoms with E-state index < -0.39 is 12.2 Å². The summed E-state index contributed by atoms with van der Waals surface area (Å²) in [5, 5.41) is 9.13. The Morgan fingerprint density at radius 3 is 2.65 bits per heavy atom. The van der Waals surface area contributed by atoms with Gasteiger partial charge in [0.05, 0.1) is 0 Å². The molecule has 1 aromatic rings. The molecule has 0 aromatic heterocycles. The summed E-state index contributed by atoms with van der Waals surface area (Å²) in [6, 6.07) is 6.10. The quantitative estimate of drug-likeness (QED) is 0.805. The van der Waals surface area contributed by atoms with E-state index in [1.165, 1.54) is 12.1 Å². The minimum Gasteiger partial charge on any atom is -0.459 e. The van der Waals surface area contributed by atoms with Crippen LogP contribution in [0.5, 0.6) is 0 Å². The maximum absolute atomic E-state index is 13.2. The zero-order valence-electron chi connectivity index (χ0n) is 13.1. The van der Waals surface area contributed by atoms with Gasteiger partial charge >= 0.3 is 0 Å². The van der Waals surface area contributed by atoms with Crippen molar-refractivity contribution in [3.8, 4) is 0 Å². The van der Waals surface area contributed by atoms with Gasteiger partial charge in [0.15, 0.2) is 5.76 Å². The number of hydrogen-bond donors (Lipinski definition) is 2. The Bertz CT molecular complexity index is 558. The van der Waals surface area contributed by atoms with E-state index in [2.05, 4.69) is 0 Å². The lowest BCUT2D eigenvalue weighted by atomic mass is 9.80. The van der Waals surface area contributed by atoms with Crippen LogP contribution in [0.25, 0.3) is 0 Å². The standard InChI is InChI=1S/C17H22FNO4/c1-2-22-17-13(4-3-9-20)14(10-15(23-17)16(19)21)11-5-7-12(18)8-6-11/h5-8,10,13-14,17,20H,2-4,9H2,1H3,(H2,19,21)/t13-,14+,17+/m0/s1. The van der Waals surface area contributed by atoms with Gasteiger partial charge in [-0.2, -0.15) is 0 Å². The van der Waals surface area contributed by atoms with E-state index in [9.17, 15) is 9.18 Å². The Hall–Kier alpha value is -1.92. The van der Waals surface area contributed by atoms with Crippen molar-refractivity contribution < 1.29 is 23.8 Å². The summed E-state index contributed by atoms with van der Waals surface area (Å²) in [5.74, 6) is -1.24. The van der Waals surface area contributed by atoms with Crippen molar-refractivity contribution in [3.05, 3.63) is 47.5 Å². The van der Waals surface area contributed by atoms with Crippen LogP contribution in [0.15, 0.2) is 36.1 Å². The molecule has 0 aliphatic carbocycles. The van der Waals surface area contributed by atoms with Crippen molar-refractivity contribution in [1.82, 2.24) is 0 Å². The number of aliphatic hydroxyl groups excluding tert-OH is 1. The van der Waals surface area contributed by atoms with Crippen LogP contribution in [0.3, 0.4) is 0 Å². The molecule has 0 fully saturated rings. The van der Waals surface area contributed by atoms with Crippen LogP contribution in [-0.4, -0.2) is 30.5 Å². The third-order valence-corrected chi connectivity index (χ3v) is 3.91. The first-order chi connectivity index (χ1) is 11.1. The molecule has 3 N–H and O–H groups in total. The molecular formula is C17H22FNO4. The maximum atomic E-state index is 13.2. The normalized spacial score (nSPS) is 24.0. The van der Waals surface area contributed by atoms with Crippen LogP contribution in [0.4, 0.5) is 4.39 Å². The van der Waals surface area contributed by atoms with E-state index in [-0.39, 0.29) is 30.0 Å². The highest BCUT2D eigenvalue weighted by Crippen LogP contribution is 2.39. The molecule has 23 heavy (non-hydrogen) atoms. The lowest BCUT2D eigenvalue weighted by Gasteiger charge is -2.36. The van der Waals surface area contributed by atoms with Crippen molar-refractivity contribution in [2.75, 3.05) is 13.2 Å². The Morgan fingerprint density at radius 1 is 1.39 bits per heavy atom. The summed E-state index contributed by atoms with van der Waals surface area (Å²) in [5.41, 5.74) is 6.20. The summed E-state index contributed by atoms with van der Waals surface area (Å²) in [7, 11) is 0. The van der Waals surface area contributed by atoms with Crippen molar-refractivity contribution in [1.29, 1.82) is 0 Å². The molecule has 1 heterocycles. The van der Waals surface area contributed by atoms with Crippen LogP contribution in [0.2, 0.25) is 0 Å². The predicted octanol–water partition coefficient (Wildman–Crippen LogP) is 2.06. The summed E-state index contributed by atoms with van der Waals surface area (Å²) in [6.45, 7) is 2.31. The molecule has 5 nitrogen and oxygen atoms in total. The Labute approximate surface area is 134 Å². The number of benzene rings is 1. The fourth-order valence-corrected chi connectivity index (χ4v) is 2.84. The summed E-state index contributed by atoms with van der Waals surface area (Å²) >= 11 is 0. The van der Waals surface area contributed by atoms with Gasteiger partial charge in [0.1, 0.15) is 5.82 Å². The fourth-order valence-electron chi connectivity index (χ4n) is 2.84. The summed E-state index contributed by atoms with van der Waals surface area (Å²) in [4.78, 5) is 11.5. The van der Waals surface area contributed by atoms with Crippen molar-refractivity contribution in [3.63, 3.8) is 0 Å². The summed E-state index contributed by atoms with van der Waals surface area (Å²) < 4.78 is 24.4. The predicted molar refractivity (Wildman–Crippen MR) is 82.7 cm³/mol. The number of carbonyl (C=O) groups is 1. The highest BCUT2D eigenvalue weighted by Gasteiger charge is 2.37. The number of halogens is 1. The lowest BCUT2D eigenvalue weighted by Crippen LogP contribution is -2.37. The third kappa shape index (κ3) is 4.30. The van der Waals surface area contributed by atoms with Crippen molar-refractivity contribution >= 4 is 5.91 Å². The van der Waals surface area contributed by atoms with Gasteiger partial charge in [0.25, 0.3) is 5.91 Å². The van der Waals surface area contributed by atoms with E-state index >= 15 is 0 Å². The number of aliphatic hydroxyl groups is 1. The first kappa shape index (κ1) is 17.4. The molecule has 6 heteroatoms. The molecule has 3 atom stereocenters. The van der Waals surface area contributed by atoms with Gasteiger partial charge in [0, 0.05) is 25.0 Å². The molecule has 0 radical (unpaired) electrons. The number of allylic oxidation sites excluding steroid dienone is 1. The summed E-state index contributed by atoms with van der Waals surface area (Å²) in [6.07, 6.45) is 2.25. The molecule has 1 aliphatic rings. The molecule has 1 amide bonds. The first-order valence-corrected chi connectivity index (χ1v) is 7.73. The Kier molecular flexibility index (Phi) is 6.12. The second-order valence-electron chi connectivity index (χ2n) is 5.44. The largest absolute Gasteiger partial charge is 0.459 e. The highest BCUT2D eigenvalue weighted by molar-refractivity contribution is 5.90. The van der Waals surface area contributed by atoms with Gasteiger partial charge in [0.2, 0.25) is 6.29 Å². The SMILES string of the molecule is CCO[C@@H]1OC(C(N)=O)=C[C@H](c2ccc(F)cc2)[C@@H]1CCCO. The fraction of sp³-hybridized carbons (Fsp3) is 0.471. The average Bonchev–Trinajstić information content (AvgIpc) is 2.54. The smallest absolute Gasteiger partial charge is 0.283 e. The number of amides is 1. The van der Waals surface area contributed by atoms with E-state index in [1.807, 2.05) is 6.92 Å². The molecule has 2 rings (SSSR count). The second-order valence-corrected chi connectivity index (χ2v) is 5.44. The minimum absolute atomic E-state index is 0.0534. The molecule has 0 spiro atoms. The first-order valence-electron chi connectivity index (χ1n) is 7.73. The van der Waals surface area contributed by atoms with Crippen molar-refractivity contribution in [2.45, 2.75) is 32.0 Å². The van der Waals surface area contributed by atoms with Crippen LogP contribution < -0.4 is 5.73 Å². The van der Waals surface area contributed by atoms with Crippen LogP contribution in [0.1, 0.15) is 31.2 Å². The van der Waals surface area contributed by atoms with Crippen LogP contribution >= 0.6 is 0 Å². The number of hydrogen-bond acceptors (Lipinski definition) is 4. The Morgan fingerprint density at radius 2 is 2.09 bits per heavy atom.